The summed E-state index contributed by atoms with van der Waals surface area (Å²) >= 11 is 0. The number of fused-ring (bicyclic) bond motifs is 1. The molecular weight excluding hydrogens is 591 g/mol. The molecule has 226 valence electrons. The van der Waals surface area contributed by atoms with Crippen molar-refractivity contribution < 1.29 is 31.2 Å². The Balaban J connectivity index is 0.00000462. The van der Waals surface area contributed by atoms with Crippen LogP contribution in [0, 0.1) is 11.6 Å². The Morgan fingerprint density at radius 3 is 2.66 bits per heavy atom. The molecule has 0 saturated carbocycles. The molecule has 0 amide bonds. The lowest BCUT2D eigenvalue weighted by atomic mass is 10.0. The molecule has 0 radical (unpaired) electrons. The molecule has 1 aromatic carbocycles. The Bertz CT molecular complexity index is 1550. The highest BCUT2D eigenvalue weighted by Gasteiger charge is 2.32. The summed E-state index contributed by atoms with van der Waals surface area (Å²) < 4.78 is 78.5. The molecule has 1 fully saturated rings. The van der Waals surface area contributed by atoms with Gasteiger partial charge in [0, 0.05) is 44.8 Å². The van der Waals surface area contributed by atoms with Crippen molar-refractivity contribution >= 4 is 45.3 Å². The Morgan fingerprint density at radius 2 is 2.00 bits per heavy atom. The normalized spacial score (nSPS) is 15.7. The molecule has 0 bridgehead atoms. The van der Waals surface area contributed by atoms with Crippen LogP contribution in [0.3, 0.4) is 0 Å². The molecular formula is C24H31ClF3N7O5S. The molecule has 0 spiro atoms. The van der Waals surface area contributed by atoms with Crippen LogP contribution in [0.5, 0.6) is 0 Å². The number of hydroxylamine groups is 1. The van der Waals surface area contributed by atoms with E-state index in [4.69, 9.17) is 15.3 Å². The zero-order valence-electron chi connectivity index (χ0n) is 22.3. The van der Waals surface area contributed by atoms with Crippen molar-refractivity contribution in [3.8, 4) is 11.1 Å². The minimum atomic E-state index is -4.31. The lowest BCUT2D eigenvalue weighted by molar-refractivity contribution is 0.0376. The first-order chi connectivity index (χ1) is 19.1. The van der Waals surface area contributed by atoms with Gasteiger partial charge in [0.15, 0.2) is 5.82 Å². The second-order valence-electron chi connectivity index (χ2n) is 8.94. The molecule has 17 heteroatoms. The van der Waals surface area contributed by atoms with Crippen molar-refractivity contribution in [2.45, 2.75) is 19.5 Å². The molecule has 0 unspecified atom stereocenters. The smallest absolute Gasteiger partial charge is 0.301 e. The van der Waals surface area contributed by atoms with Gasteiger partial charge < -0.3 is 10.5 Å². The van der Waals surface area contributed by atoms with Crippen LogP contribution in [0.1, 0.15) is 13.3 Å². The first-order valence-corrected chi connectivity index (χ1v) is 14.0. The Morgan fingerprint density at radius 1 is 1.24 bits per heavy atom. The topological polar surface area (TPSA) is 145 Å². The first kappa shape index (κ1) is 32.5. The summed E-state index contributed by atoms with van der Waals surface area (Å²) in [4.78, 5) is 27.6. The van der Waals surface area contributed by atoms with E-state index >= 15 is 4.39 Å². The number of benzene rings is 1. The van der Waals surface area contributed by atoms with Gasteiger partial charge in [-0.25, -0.2) is 23.2 Å². The van der Waals surface area contributed by atoms with Crippen molar-refractivity contribution in [3.63, 3.8) is 0 Å². The van der Waals surface area contributed by atoms with Crippen molar-refractivity contribution in [3.05, 3.63) is 46.4 Å². The average Bonchev–Trinajstić information content (AvgIpc) is 3.38. The van der Waals surface area contributed by atoms with Crippen LogP contribution < -0.4 is 21.1 Å². The Kier molecular flexibility index (Phi) is 10.9. The van der Waals surface area contributed by atoms with Gasteiger partial charge in [-0.2, -0.15) is 17.7 Å². The summed E-state index contributed by atoms with van der Waals surface area (Å²) in [6, 6.07) is 2.97. The van der Waals surface area contributed by atoms with Crippen LogP contribution in [0.15, 0.2) is 29.2 Å². The number of hydrogen-bond acceptors (Lipinski definition) is 9. The van der Waals surface area contributed by atoms with Crippen LogP contribution in [-0.2, 0) is 26.8 Å². The van der Waals surface area contributed by atoms with Crippen LogP contribution in [-0.4, -0.2) is 79.4 Å². The number of nitrogens with one attached hydrogen (secondary N) is 1. The molecule has 1 saturated heterocycles. The minimum Gasteiger partial charge on any atom is -0.378 e. The van der Waals surface area contributed by atoms with Crippen LogP contribution in [0.2, 0.25) is 0 Å². The Hall–Kier alpha value is -3.02. The molecule has 1 aliphatic rings. The second-order valence-corrected chi connectivity index (χ2v) is 10.6. The maximum atomic E-state index is 15.6. The molecule has 12 nitrogen and oxygen atoms in total. The van der Waals surface area contributed by atoms with E-state index in [-0.39, 0.29) is 55.7 Å². The maximum absolute atomic E-state index is 15.6. The summed E-state index contributed by atoms with van der Waals surface area (Å²) in [5.41, 5.74) is 3.09. The predicted octanol–water partition coefficient (Wildman–Crippen LogP) is 2.13. The van der Waals surface area contributed by atoms with Gasteiger partial charge in [-0.1, -0.05) is 0 Å². The van der Waals surface area contributed by atoms with Crippen molar-refractivity contribution in [1.82, 2.24) is 18.8 Å². The molecule has 1 aliphatic heterocycles. The average molecular weight is 622 g/mol. The second kappa shape index (κ2) is 13.8. The summed E-state index contributed by atoms with van der Waals surface area (Å²) in [6.07, 6.45) is 0.0564. The summed E-state index contributed by atoms with van der Waals surface area (Å²) in [5, 5.41) is 1.70. The third-order valence-electron chi connectivity index (χ3n) is 6.22. The molecule has 4 rings (SSSR count). The fourth-order valence-electron chi connectivity index (χ4n) is 4.21. The fraction of sp³-hybridized carbons (Fsp3) is 0.458. The van der Waals surface area contributed by atoms with Gasteiger partial charge in [0.25, 0.3) is 11.5 Å². The molecule has 3 heterocycles. The minimum absolute atomic E-state index is 0. The SMILES string of the molecule is CCN(OCCOCCN)c1ncc2cc(-c3c(F)ccc(NS(=O)(=O)N4CC[C@@H](F)C4)c3F)c(=O)n(C)c2n1.Cl. The zero-order chi connectivity index (χ0) is 29.0. The number of rotatable bonds is 12. The van der Waals surface area contributed by atoms with E-state index in [9.17, 15) is 22.0 Å². The van der Waals surface area contributed by atoms with Gasteiger partial charge in [-0.15, -0.1) is 12.4 Å². The predicted molar refractivity (Wildman–Crippen MR) is 150 cm³/mol. The van der Waals surface area contributed by atoms with Crippen LogP contribution in [0.4, 0.5) is 24.8 Å². The van der Waals surface area contributed by atoms with Gasteiger partial charge in [0.2, 0.25) is 0 Å². The fourth-order valence-corrected chi connectivity index (χ4v) is 5.48. The number of ether oxygens (including phenoxy) is 1. The first-order valence-electron chi connectivity index (χ1n) is 12.5. The highest BCUT2D eigenvalue weighted by atomic mass is 35.5. The van der Waals surface area contributed by atoms with Crippen LogP contribution >= 0.6 is 12.4 Å². The third-order valence-corrected chi connectivity index (χ3v) is 7.71. The Labute approximate surface area is 240 Å². The molecule has 3 N–H and O–H groups in total. The number of aryl methyl sites for hydroxylation is 1. The number of aromatic nitrogens is 3. The van der Waals surface area contributed by atoms with Crippen molar-refractivity contribution in [1.29, 1.82) is 0 Å². The van der Waals surface area contributed by atoms with Crippen molar-refractivity contribution in [2.75, 3.05) is 55.8 Å². The maximum Gasteiger partial charge on any atom is 0.301 e. The number of alkyl halides is 1. The number of nitrogens with zero attached hydrogens (tertiary/aromatic N) is 5. The quantitative estimate of drug-likeness (QED) is 0.229. The van der Waals surface area contributed by atoms with E-state index in [1.807, 2.05) is 11.6 Å². The molecule has 0 aliphatic carbocycles. The number of hydrogen-bond donors (Lipinski definition) is 2. The van der Waals surface area contributed by atoms with Gasteiger partial charge in [0.1, 0.15) is 17.6 Å². The molecule has 41 heavy (non-hydrogen) atoms. The lowest BCUT2D eigenvalue weighted by Crippen LogP contribution is -2.34. The van der Waals surface area contributed by atoms with E-state index in [0.717, 1.165) is 21.0 Å². The monoisotopic (exact) mass is 621 g/mol. The van der Waals surface area contributed by atoms with Gasteiger partial charge >= 0.3 is 10.2 Å². The highest BCUT2D eigenvalue weighted by Crippen LogP contribution is 2.31. The van der Waals surface area contributed by atoms with E-state index < -0.39 is 44.8 Å². The molecule has 3 aromatic rings. The number of anilines is 2. The number of halogens is 4. The van der Waals surface area contributed by atoms with Gasteiger partial charge in [-0.05, 0) is 31.5 Å². The summed E-state index contributed by atoms with van der Waals surface area (Å²) in [7, 11) is -2.93. The summed E-state index contributed by atoms with van der Waals surface area (Å²) in [5.74, 6) is -2.22. The standard InChI is InChI=1S/C24H30F3N7O5S.ClH/c1-3-34(39-11-10-38-9-7-28)24-29-13-15-12-17(23(35)32(2)22(15)30-24)20-18(26)4-5-19(21(20)27)31-40(36,37)33-8-6-16(25)14-33;/h4-5,12-13,16,31H,3,6-11,14,28H2,1-2H3;1H/t16-;/m1./s1. The van der Waals surface area contributed by atoms with E-state index in [2.05, 4.69) is 9.97 Å². The largest absolute Gasteiger partial charge is 0.378 e. The van der Waals surface area contributed by atoms with Gasteiger partial charge in [-0.3, -0.25) is 18.9 Å². The van der Waals surface area contributed by atoms with E-state index in [1.165, 1.54) is 24.4 Å². The third kappa shape index (κ3) is 7.07. The van der Waals surface area contributed by atoms with Crippen molar-refractivity contribution in [2.24, 2.45) is 12.8 Å². The van der Waals surface area contributed by atoms with Crippen LogP contribution in [0.25, 0.3) is 22.2 Å². The number of pyridine rings is 1. The van der Waals surface area contributed by atoms with E-state index in [0.29, 0.717) is 31.7 Å². The number of nitrogens with two attached hydrogens (primary N) is 1. The van der Waals surface area contributed by atoms with Gasteiger partial charge in [0.05, 0.1) is 36.6 Å². The zero-order valence-corrected chi connectivity index (χ0v) is 24.0. The molecule has 1 atom stereocenters. The summed E-state index contributed by atoms with van der Waals surface area (Å²) in [6.45, 7) is 3.00. The molecule has 2 aromatic heterocycles. The lowest BCUT2D eigenvalue weighted by Gasteiger charge is -2.20. The highest BCUT2D eigenvalue weighted by molar-refractivity contribution is 7.90. The van der Waals surface area contributed by atoms with E-state index in [1.54, 1.807) is 0 Å².